The van der Waals surface area contributed by atoms with Gasteiger partial charge in [0, 0.05) is 23.6 Å². The number of amides is 2. The van der Waals surface area contributed by atoms with Crippen molar-refractivity contribution in [3.63, 3.8) is 0 Å². The molecule has 0 spiro atoms. The van der Waals surface area contributed by atoms with Crippen molar-refractivity contribution in [2.75, 3.05) is 18.4 Å². The lowest BCUT2D eigenvalue weighted by molar-refractivity contribution is -0.116. The first-order chi connectivity index (χ1) is 19.3. The number of hydrogen-bond donors (Lipinski definition) is 1. The third-order valence-corrected chi connectivity index (χ3v) is 7.28. The molecule has 0 aliphatic carbocycles. The van der Waals surface area contributed by atoms with Crippen LogP contribution in [0.3, 0.4) is 0 Å². The summed E-state index contributed by atoms with van der Waals surface area (Å²) in [6, 6.07) is 26.9. The number of para-hydroxylation sites is 1. The van der Waals surface area contributed by atoms with E-state index in [1.807, 2.05) is 78.9 Å². The molecule has 1 heterocycles. The molecule has 0 saturated heterocycles. The van der Waals surface area contributed by atoms with Crippen LogP contribution >= 0.6 is 11.6 Å². The lowest BCUT2D eigenvalue weighted by Crippen LogP contribution is -2.39. The molecule has 2 amide bonds. The molecule has 1 aromatic heterocycles. The minimum Gasteiger partial charge on any atom is -0.329 e. The molecule has 0 aliphatic rings. The Morgan fingerprint density at radius 1 is 0.854 bits per heavy atom. The molecule has 0 bridgehead atoms. The number of aromatic nitrogens is 2. The van der Waals surface area contributed by atoms with Gasteiger partial charge in [0.2, 0.25) is 5.91 Å². The molecule has 214 valence electrons. The second kappa shape index (κ2) is 12.3. The van der Waals surface area contributed by atoms with E-state index < -0.39 is 0 Å². The van der Waals surface area contributed by atoms with E-state index in [1.54, 1.807) is 15.6 Å². The lowest BCUT2D eigenvalue weighted by Gasteiger charge is -2.24. The van der Waals surface area contributed by atoms with Gasteiger partial charge in [-0.3, -0.25) is 9.59 Å². The molecular weight excluding hydrogens is 532 g/mol. The van der Waals surface area contributed by atoms with Crippen LogP contribution in [0.1, 0.15) is 68.7 Å². The fourth-order valence-corrected chi connectivity index (χ4v) is 4.67. The summed E-state index contributed by atoms with van der Waals surface area (Å²) in [4.78, 5) is 28.8. The zero-order valence-electron chi connectivity index (χ0n) is 24.7. The lowest BCUT2D eigenvalue weighted by atomic mass is 9.86. The number of halogens is 1. The summed E-state index contributed by atoms with van der Waals surface area (Å²) in [5.41, 5.74) is 3.99. The third-order valence-electron chi connectivity index (χ3n) is 6.96. The normalized spacial score (nSPS) is 11.8. The first-order valence-corrected chi connectivity index (χ1v) is 14.3. The van der Waals surface area contributed by atoms with Gasteiger partial charge in [0.05, 0.1) is 16.4 Å². The van der Waals surface area contributed by atoms with Crippen molar-refractivity contribution < 1.29 is 9.59 Å². The van der Waals surface area contributed by atoms with Crippen LogP contribution in [-0.4, -0.2) is 39.6 Å². The summed E-state index contributed by atoms with van der Waals surface area (Å²) in [5, 5.41) is 8.29. The quantitative estimate of drug-likeness (QED) is 0.239. The van der Waals surface area contributed by atoms with E-state index >= 15 is 0 Å². The fraction of sp³-hybridized carbons (Fsp3) is 0.324. The van der Waals surface area contributed by atoms with Gasteiger partial charge in [0.15, 0.2) is 0 Å². The van der Waals surface area contributed by atoms with Crippen molar-refractivity contribution in [1.29, 1.82) is 0 Å². The van der Waals surface area contributed by atoms with Crippen LogP contribution in [-0.2, 0) is 22.0 Å². The number of nitrogens with one attached hydrogen (secondary N) is 1. The van der Waals surface area contributed by atoms with Gasteiger partial charge in [-0.1, -0.05) is 108 Å². The van der Waals surface area contributed by atoms with Crippen LogP contribution in [0.15, 0.2) is 84.9 Å². The Morgan fingerprint density at radius 3 is 2.10 bits per heavy atom. The van der Waals surface area contributed by atoms with Gasteiger partial charge in [-0.2, -0.15) is 5.10 Å². The number of rotatable bonds is 8. The van der Waals surface area contributed by atoms with E-state index in [0.717, 1.165) is 16.8 Å². The highest BCUT2D eigenvalue weighted by atomic mass is 35.5. The summed E-state index contributed by atoms with van der Waals surface area (Å²) in [6.07, 6.45) is 0.631. The van der Waals surface area contributed by atoms with Gasteiger partial charge in [0.25, 0.3) is 5.91 Å². The second-order valence-corrected chi connectivity index (χ2v) is 12.8. The fourth-order valence-electron chi connectivity index (χ4n) is 4.46. The van der Waals surface area contributed by atoms with Gasteiger partial charge in [-0.15, -0.1) is 0 Å². The van der Waals surface area contributed by atoms with Crippen molar-refractivity contribution in [3.8, 4) is 5.69 Å². The zero-order valence-corrected chi connectivity index (χ0v) is 25.5. The molecule has 0 radical (unpaired) electrons. The Balaban J connectivity index is 1.60. The third kappa shape index (κ3) is 7.65. The number of anilines is 1. The Hall–Kier alpha value is -3.90. The predicted molar refractivity (Wildman–Crippen MR) is 167 cm³/mol. The van der Waals surface area contributed by atoms with Crippen LogP contribution in [0, 0.1) is 0 Å². The van der Waals surface area contributed by atoms with Crippen LogP contribution in [0.2, 0.25) is 5.02 Å². The SMILES string of the molecule is CC(C)(C)c1ccc(C(=O)N(CCc2ccccc2)CC(=O)Nc2cc(C(C)(C)C)nn2-c2ccccc2Cl)cc1. The standard InChI is InChI=1S/C34H39ClN4O2/c1-33(2,3)26-18-16-25(17-19-26)32(41)38(21-20-24-12-8-7-9-13-24)23-31(40)36-30-22-29(34(4,5)6)37-39(30)28-15-11-10-14-27(28)35/h7-19,22H,20-21,23H2,1-6H3,(H,36,40). The summed E-state index contributed by atoms with van der Waals surface area (Å²) < 4.78 is 1.65. The number of benzene rings is 3. The van der Waals surface area contributed by atoms with Crippen molar-refractivity contribution in [2.45, 2.75) is 58.8 Å². The van der Waals surface area contributed by atoms with Gasteiger partial charge in [0.1, 0.15) is 12.4 Å². The maximum absolute atomic E-state index is 13.7. The topological polar surface area (TPSA) is 67.2 Å². The van der Waals surface area contributed by atoms with E-state index in [1.165, 1.54) is 0 Å². The van der Waals surface area contributed by atoms with Crippen molar-refractivity contribution >= 4 is 29.2 Å². The average Bonchev–Trinajstić information content (AvgIpc) is 3.35. The minimum absolute atomic E-state index is 0.0228. The van der Waals surface area contributed by atoms with E-state index in [-0.39, 0.29) is 29.2 Å². The van der Waals surface area contributed by atoms with Crippen LogP contribution in [0.25, 0.3) is 5.69 Å². The molecule has 0 saturated carbocycles. The van der Waals surface area contributed by atoms with Crippen molar-refractivity contribution in [3.05, 3.63) is 112 Å². The highest BCUT2D eigenvalue weighted by Crippen LogP contribution is 2.29. The Labute approximate surface area is 248 Å². The highest BCUT2D eigenvalue weighted by molar-refractivity contribution is 6.32. The van der Waals surface area contributed by atoms with E-state index in [0.29, 0.717) is 35.1 Å². The molecule has 7 heteroatoms. The van der Waals surface area contributed by atoms with Crippen molar-refractivity contribution in [1.82, 2.24) is 14.7 Å². The Morgan fingerprint density at radius 2 is 1.49 bits per heavy atom. The summed E-state index contributed by atoms with van der Waals surface area (Å²) in [6.45, 7) is 12.9. The van der Waals surface area contributed by atoms with Gasteiger partial charge >= 0.3 is 0 Å². The number of hydrogen-bond acceptors (Lipinski definition) is 3. The van der Waals surface area contributed by atoms with Crippen molar-refractivity contribution in [2.24, 2.45) is 0 Å². The van der Waals surface area contributed by atoms with Gasteiger partial charge < -0.3 is 10.2 Å². The number of carbonyl (C=O) groups is 2. The summed E-state index contributed by atoms with van der Waals surface area (Å²) in [7, 11) is 0. The maximum atomic E-state index is 13.7. The molecule has 0 unspecified atom stereocenters. The monoisotopic (exact) mass is 570 g/mol. The van der Waals surface area contributed by atoms with E-state index in [9.17, 15) is 9.59 Å². The highest BCUT2D eigenvalue weighted by Gasteiger charge is 2.24. The summed E-state index contributed by atoms with van der Waals surface area (Å²) in [5.74, 6) is -0.00377. The molecule has 4 aromatic rings. The largest absolute Gasteiger partial charge is 0.329 e. The van der Waals surface area contributed by atoms with Crippen LogP contribution in [0.5, 0.6) is 0 Å². The molecule has 0 aliphatic heterocycles. The first-order valence-electron chi connectivity index (χ1n) is 13.9. The molecule has 0 fully saturated rings. The average molecular weight is 571 g/mol. The van der Waals surface area contributed by atoms with E-state index in [4.69, 9.17) is 16.7 Å². The molecule has 0 atom stereocenters. The van der Waals surface area contributed by atoms with Crippen LogP contribution < -0.4 is 5.32 Å². The number of carbonyl (C=O) groups excluding carboxylic acids is 2. The molecule has 6 nitrogen and oxygen atoms in total. The maximum Gasteiger partial charge on any atom is 0.254 e. The molecular formula is C34H39ClN4O2. The molecule has 1 N–H and O–H groups in total. The Kier molecular flexibility index (Phi) is 9.03. The Bertz CT molecular complexity index is 1500. The first kappa shape index (κ1) is 30.1. The molecule has 3 aromatic carbocycles. The second-order valence-electron chi connectivity index (χ2n) is 12.4. The van der Waals surface area contributed by atoms with E-state index in [2.05, 4.69) is 46.9 Å². The number of nitrogens with zero attached hydrogens (tertiary/aromatic N) is 3. The molecule has 4 rings (SSSR count). The smallest absolute Gasteiger partial charge is 0.254 e. The minimum atomic E-state index is -0.314. The van der Waals surface area contributed by atoms with Gasteiger partial charge in [-0.05, 0) is 47.2 Å². The summed E-state index contributed by atoms with van der Waals surface area (Å²) >= 11 is 6.50. The van der Waals surface area contributed by atoms with Crippen LogP contribution in [0.4, 0.5) is 5.82 Å². The predicted octanol–water partition coefficient (Wildman–Crippen LogP) is 7.44. The van der Waals surface area contributed by atoms with Gasteiger partial charge in [-0.25, -0.2) is 4.68 Å². The molecule has 41 heavy (non-hydrogen) atoms. The zero-order chi connectivity index (χ0) is 29.8.